The zero-order valence-electron chi connectivity index (χ0n) is 14.2. The van der Waals surface area contributed by atoms with Gasteiger partial charge in [-0.25, -0.2) is 18.2 Å². The number of benzene rings is 1. The van der Waals surface area contributed by atoms with Gasteiger partial charge in [0.05, 0.1) is 17.1 Å². The molecule has 0 fully saturated rings. The Balaban J connectivity index is 2.54. The molecule has 0 aliphatic rings. The SMILES string of the molecule is C/C=C(\C=C/CS(N)(=O)=O)n1nc(C(F)(F)F)cc1-c1ccc(C)cc1. The lowest BCUT2D eigenvalue weighted by molar-refractivity contribution is -0.141. The third-order valence-electron chi connectivity index (χ3n) is 3.50. The topological polar surface area (TPSA) is 78.0 Å². The minimum Gasteiger partial charge on any atom is -0.233 e. The molecule has 1 aromatic heterocycles. The van der Waals surface area contributed by atoms with E-state index in [2.05, 4.69) is 5.10 Å². The van der Waals surface area contributed by atoms with Crippen LogP contribution in [-0.2, 0) is 16.2 Å². The summed E-state index contributed by atoms with van der Waals surface area (Å²) in [6, 6.07) is 7.93. The molecule has 1 heterocycles. The Hall–Kier alpha value is -2.39. The molecule has 1 aromatic carbocycles. The lowest BCUT2D eigenvalue weighted by atomic mass is 10.1. The first-order valence-electron chi connectivity index (χ1n) is 7.59. The molecule has 9 heteroatoms. The zero-order valence-corrected chi connectivity index (χ0v) is 15.0. The van der Waals surface area contributed by atoms with Gasteiger partial charge in [-0.15, -0.1) is 0 Å². The van der Waals surface area contributed by atoms with Crippen molar-refractivity contribution in [2.24, 2.45) is 5.14 Å². The lowest BCUT2D eigenvalue weighted by Gasteiger charge is -2.09. The third kappa shape index (κ3) is 5.06. The van der Waals surface area contributed by atoms with Crippen molar-refractivity contribution in [3.05, 3.63) is 59.8 Å². The van der Waals surface area contributed by atoms with Crippen LogP contribution in [0.2, 0.25) is 0 Å². The molecule has 2 aromatic rings. The van der Waals surface area contributed by atoms with Gasteiger partial charge < -0.3 is 0 Å². The van der Waals surface area contributed by atoms with E-state index in [1.807, 2.05) is 6.92 Å². The average Bonchev–Trinajstić information content (AvgIpc) is 2.96. The Morgan fingerprint density at radius 3 is 2.38 bits per heavy atom. The van der Waals surface area contributed by atoms with E-state index in [0.717, 1.165) is 16.3 Å². The van der Waals surface area contributed by atoms with Gasteiger partial charge in [0.25, 0.3) is 0 Å². The van der Waals surface area contributed by atoms with E-state index in [4.69, 9.17) is 5.14 Å². The molecule has 0 unspecified atom stereocenters. The summed E-state index contributed by atoms with van der Waals surface area (Å²) in [6.07, 6.45) is -0.438. The number of primary sulfonamides is 1. The van der Waals surface area contributed by atoms with Crippen LogP contribution in [0, 0.1) is 6.92 Å². The summed E-state index contributed by atoms with van der Waals surface area (Å²) in [4.78, 5) is 0. The molecule has 0 aliphatic carbocycles. The summed E-state index contributed by atoms with van der Waals surface area (Å²) in [7, 11) is -3.72. The van der Waals surface area contributed by atoms with Crippen LogP contribution in [0.4, 0.5) is 13.2 Å². The second-order valence-electron chi connectivity index (χ2n) is 5.64. The number of sulfonamides is 1. The van der Waals surface area contributed by atoms with Gasteiger partial charge in [-0.05, 0) is 26.0 Å². The van der Waals surface area contributed by atoms with Gasteiger partial charge in [0, 0.05) is 5.56 Å². The number of aromatic nitrogens is 2. The van der Waals surface area contributed by atoms with Crippen LogP contribution in [-0.4, -0.2) is 24.0 Å². The molecule has 0 aliphatic heterocycles. The number of halogens is 3. The van der Waals surface area contributed by atoms with Crippen molar-refractivity contribution in [2.45, 2.75) is 20.0 Å². The maximum atomic E-state index is 13.1. The normalized spacial score (nSPS) is 13.5. The number of allylic oxidation sites excluding steroid dienone is 3. The predicted octanol–water partition coefficient (Wildman–Crippen LogP) is 3.58. The number of nitrogens with two attached hydrogens (primary N) is 1. The number of aryl methyl sites for hydroxylation is 1. The number of hydrogen-bond acceptors (Lipinski definition) is 3. The number of nitrogens with zero attached hydrogens (tertiary/aromatic N) is 2. The van der Waals surface area contributed by atoms with Gasteiger partial charge in [0.1, 0.15) is 0 Å². The molecular formula is C17H18F3N3O2S. The van der Waals surface area contributed by atoms with Gasteiger partial charge in [-0.2, -0.15) is 18.3 Å². The molecule has 5 nitrogen and oxygen atoms in total. The summed E-state index contributed by atoms with van der Waals surface area (Å²) >= 11 is 0. The van der Waals surface area contributed by atoms with Crippen molar-refractivity contribution in [2.75, 3.05) is 5.75 Å². The van der Waals surface area contributed by atoms with Crippen LogP contribution in [0.15, 0.2) is 48.6 Å². The second kappa shape index (κ2) is 7.46. The van der Waals surface area contributed by atoms with Gasteiger partial charge in [-0.3, -0.25) is 0 Å². The Kier molecular flexibility index (Phi) is 5.72. The predicted molar refractivity (Wildman–Crippen MR) is 94.5 cm³/mol. The highest BCUT2D eigenvalue weighted by Gasteiger charge is 2.35. The fraction of sp³-hybridized carbons (Fsp3) is 0.235. The Morgan fingerprint density at radius 1 is 1.27 bits per heavy atom. The molecular weight excluding hydrogens is 367 g/mol. The van der Waals surface area contributed by atoms with Crippen molar-refractivity contribution in [1.82, 2.24) is 9.78 Å². The van der Waals surface area contributed by atoms with Crippen molar-refractivity contribution in [3.63, 3.8) is 0 Å². The highest BCUT2D eigenvalue weighted by atomic mass is 32.2. The van der Waals surface area contributed by atoms with Crippen LogP contribution in [0.5, 0.6) is 0 Å². The largest absolute Gasteiger partial charge is 0.435 e. The summed E-state index contributed by atoms with van der Waals surface area (Å²) in [5.41, 5.74) is 1.02. The smallest absolute Gasteiger partial charge is 0.233 e. The molecule has 0 saturated carbocycles. The zero-order chi connectivity index (χ0) is 19.5. The van der Waals surface area contributed by atoms with Gasteiger partial charge in [0.15, 0.2) is 5.69 Å². The lowest BCUT2D eigenvalue weighted by Crippen LogP contribution is -2.14. The van der Waals surface area contributed by atoms with E-state index in [1.54, 1.807) is 31.2 Å². The Labute approximate surface area is 149 Å². The Morgan fingerprint density at radius 2 is 1.88 bits per heavy atom. The number of hydrogen-bond donors (Lipinski definition) is 1. The minimum absolute atomic E-state index is 0.241. The monoisotopic (exact) mass is 385 g/mol. The average molecular weight is 385 g/mol. The van der Waals surface area contributed by atoms with E-state index in [-0.39, 0.29) is 5.69 Å². The summed E-state index contributed by atoms with van der Waals surface area (Å²) < 4.78 is 62.6. The molecule has 0 atom stereocenters. The highest BCUT2D eigenvalue weighted by molar-refractivity contribution is 7.89. The molecule has 0 amide bonds. The fourth-order valence-corrected chi connectivity index (χ4v) is 2.60. The first kappa shape index (κ1) is 19.9. The summed E-state index contributed by atoms with van der Waals surface area (Å²) in [6.45, 7) is 3.49. The number of rotatable bonds is 5. The number of alkyl halides is 3. The van der Waals surface area contributed by atoms with Crippen LogP contribution in [0.1, 0.15) is 18.2 Å². The van der Waals surface area contributed by atoms with E-state index >= 15 is 0 Å². The van der Waals surface area contributed by atoms with E-state index in [9.17, 15) is 21.6 Å². The van der Waals surface area contributed by atoms with E-state index in [1.165, 1.54) is 18.2 Å². The molecule has 26 heavy (non-hydrogen) atoms. The maximum Gasteiger partial charge on any atom is 0.435 e. The van der Waals surface area contributed by atoms with Crippen molar-refractivity contribution < 1.29 is 21.6 Å². The van der Waals surface area contributed by atoms with Crippen molar-refractivity contribution in [3.8, 4) is 11.3 Å². The fourth-order valence-electron chi connectivity index (χ4n) is 2.24. The first-order valence-corrected chi connectivity index (χ1v) is 9.31. The standard InChI is InChI=1S/C17H18F3N3O2S/c1-3-14(5-4-10-26(21,24)25)23-15(11-16(22-23)17(18,19)20)13-8-6-12(2)7-9-13/h3-9,11H,10H2,1-2H3,(H2,21,24,25)/b5-4-,14-3+. The third-order valence-corrected chi connectivity index (χ3v) is 4.16. The molecule has 140 valence electrons. The molecule has 0 bridgehead atoms. The quantitative estimate of drug-likeness (QED) is 0.799. The maximum absolute atomic E-state index is 13.1. The molecule has 0 spiro atoms. The van der Waals surface area contributed by atoms with E-state index < -0.39 is 27.6 Å². The van der Waals surface area contributed by atoms with Gasteiger partial charge in [-0.1, -0.05) is 42.0 Å². The second-order valence-corrected chi connectivity index (χ2v) is 7.29. The molecule has 0 saturated heterocycles. The molecule has 2 rings (SSSR count). The van der Waals surface area contributed by atoms with Crippen molar-refractivity contribution >= 4 is 15.7 Å². The Bertz CT molecular complexity index is 941. The summed E-state index contributed by atoms with van der Waals surface area (Å²) in [5, 5.41) is 8.59. The van der Waals surface area contributed by atoms with Crippen LogP contribution >= 0.6 is 0 Å². The van der Waals surface area contributed by atoms with Gasteiger partial charge in [0.2, 0.25) is 10.0 Å². The first-order chi connectivity index (χ1) is 12.0. The van der Waals surface area contributed by atoms with Crippen LogP contribution in [0.25, 0.3) is 17.0 Å². The molecule has 0 radical (unpaired) electrons. The van der Waals surface area contributed by atoms with Gasteiger partial charge >= 0.3 is 6.18 Å². The van der Waals surface area contributed by atoms with Crippen molar-refractivity contribution in [1.29, 1.82) is 0 Å². The van der Waals surface area contributed by atoms with Crippen LogP contribution in [0.3, 0.4) is 0 Å². The highest BCUT2D eigenvalue weighted by Crippen LogP contribution is 2.33. The van der Waals surface area contributed by atoms with E-state index in [0.29, 0.717) is 11.3 Å². The summed E-state index contributed by atoms with van der Waals surface area (Å²) in [5.74, 6) is -0.433. The van der Waals surface area contributed by atoms with Crippen LogP contribution < -0.4 is 5.14 Å². The minimum atomic E-state index is -4.60. The molecule has 2 N–H and O–H groups in total.